The first-order chi connectivity index (χ1) is 16.5. The van der Waals surface area contributed by atoms with Gasteiger partial charge in [0.25, 0.3) is 10.0 Å². The van der Waals surface area contributed by atoms with Gasteiger partial charge >= 0.3 is 6.09 Å². The number of para-hydroxylation sites is 1. The number of rotatable bonds is 11. The standard InChI is InChI=1S/C26H35N3O5S/c1-26(2,3)34-25(30)27-19-21-13-11-20(12-14-21)8-7-16-29(4)17-15-28-35(31,32)24-18-22-9-5-6-10-23(22)33-24/h5-6,9-14,18,28H,7-8,15-17,19H2,1-4H3,(H,27,30). The molecule has 9 heteroatoms. The molecule has 1 aromatic heterocycles. The summed E-state index contributed by atoms with van der Waals surface area (Å²) in [5.74, 6) is 0. The van der Waals surface area contributed by atoms with Gasteiger partial charge in [-0.15, -0.1) is 0 Å². The van der Waals surface area contributed by atoms with Gasteiger partial charge in [-0.2, -0.15) is 0 Å². The summed E-state index contributed by atoms with van der Waals surface area (Å²) in [6.07, 6.45) is 1.43. The summed E-state index contributed by atoms with van der Waals surface area (Å²) in [6, 6.07) is 16.9. The van der Waals surface area contributed by atoms with Crippen LogP contribution < -0.4 is 10.0 Å². The summed E-state index contributed by atoms with van der Waals surface area (Å²) >= 11 is 0. The van der Waals surface area contributed by atoms with Crippen molar-refractivity contribution < 1.29 is 22.4 Å². The third kappa shape index (κ3) is 8.69. The second kappa shape index (κ2) is 11.7. The lowest BCUT2D eigenvalue weighted by atomic mass is 10.1. The summed E-state index contributed by atoms with van der Waals surface area (Å²) in [6.45, 7) is 7.65. The summed E-state index contributed by atoms with van der Waals surface area (Å²) < 4.78 is 38.3. The van der Waals surface area contributed by atoms with Gasteiger partial charge in [-0.25, -0.2) is 17.9 Å². The van der Waals surface area contributed by atoms with Crippen molar-refractivity contribution in [2.45, 2.75) is 50.9 Å². The van der Waals surface area contributed by atoms with Crippen LogP contribution in [0.1, 0.15) is 38.3 Å². The zero-order valence-electron chi connectivity index (χ0n) is 20.8. The first-order valence-electron chi connectivity index (χ1n) is 11.7. The lowest BCUT2D eigenvalue weighted by molar-refractivity contribution is 0.0523. The highest BCUT2D eigenvalue weighted by molar-refractivity contribution is 7.89. The molecular formula is C26H35N3O5S. The molecule has 0 bridgehead atoms. The third-order valence-electron chi connectivity index (χ3n) is 5.32. The fourth-order valence-electron chi connectivity index (χ4n) is 3.51. The van der Waals surface area contributed by atoms with E-state index in [1.165, 1.54) is 5.56 Å². The van der Waals surface area contributed by atoms with Gasteiger partial charge in [0.05, 0.1) is 0 Å². The van der Waals surface area contributed by atoms with Gasteiger partial charge in [0.1, 0.15) is 11.2 Å². The van der Waals surface area contributed by atoms with Crippen LogP contribution in [-0.4, -0.2) is 51.7 Å². The number of nitrogens with one attached hydrogen (secondary N) is 2. The number of carbonyl (C=O) groups excluding carboxylic acids is 1. The fourth-order valence-corrected chi connectivity index (χ4v) is 4.49. The average Bonchev–Trinajstić information content (AvgIpc) is 3.23. The van der Waals surface area contributed by atoms with Crippen molar-refractivity contribution >= 4 is 27.1 Å². The molecule has 3 aromatic rings. The van der Waals surface area contributed by atoms with E-state index in [2.05, 4.69) is 27.1 Å². The number of nitrogens with zero attached hydrogens (tertiary/aromatic N) is 1. The first-order valence-corrected chi connectivity index (χ1v) is 13.2. The van der Waals surface area contributed by atoms with Gasteiger partial charge in [-0.1, -0.05) is 42.5 Å². The molecule has 1 heterocycles. The zero-order chi connectivity index (χ0) is 25.5. The monoisotopic (exact) mass is 501 g/mol. The second-order valence-electron chi connectivity index (χ2n) is 9.58. The summed E-state index contributed by atoms with van der Waals surface area (Å²) in [5, 5.41) is 3.46. The van der Waals surface area contributed by atoms with Crippen LogP contribution in [0.4, 0.5) is 4.79 Å². The number of likely N-dealkylation sites (N-methyl/N-ethyl adjacent to an activating group) is 1. The topological polar surface area (TPSA) is 101 Å². The zero-order valence-corrected chi connectivity index (χ0v) is 21.7. The maximum Gasteiger partial charge on any atom is 0.407 e. The Morgan fingerprint density at radius 3 is 2.40 bits per heavy atom. The number of hydrogen-bond acceptors (Lipinski definition) is 6. The minimum atomic E-state index is -3.68. The highest BCUT2D eigenvalue weighted by Crippen LogP contribution is 2.22. The Hall–Kier alpha value is -2.88. The second-order valence-corrected chi connectivity index (χ2v) is 11.3. The summed E-state index contributed by atoms with van der Waals surface area (Å²) in [7, 11) is -1.71. The molecule has 0 aliphatic rings. The molecule has 1 amide bonds. The van der Waals surface area contributed by atoms with Crippen LogP contribution in [0.3, 0.4) is 0 Å². The van der Waals surface area contributed by atoms with Crippen molar-refractivity contribution in [3.05, 3.63) is 65.7 Å². The van der Waals surface area contributed by atoms with Crippen LogP contribution in [0.5, 0.6) is 0 Å². The molecule has 0 aliphatic carbocycles. The highest BCUT2D eigenvalue weighted by Gasteiger charge is 2.19. The number of carbonyl (C=O) groups is 1. The molecule has 0 spiro atoms. The smallest absolute Gasteiger partial charge is 0.407 e. The molecule has 190 valence electrons. The van der Waals surface area contributed by atoms with E-state index in [0.717, 1.165) is 30.3 Å². The van der Waals surface area contributed by atoms with Crippen LogP contribution in [0.15, 0.2) is 64.1 Å². The molecule has 0 unspecified atom stereocenters. The number of sulfonamides is 1. The van der Waals surface area contributed by atoms with E-state index in [9.17, 15) is 13.2 Å². The van der Waals surface area contributed by atoms with E-state index < -0.39 is 21.7 Å². The minimum absolute atomic E-state index is 0.0638. The van der Waals surface area contributed by atoms with Crippen LogP contribution >= 0.6 is 0 Å². The number of aryl methyl sites for hydroxylation is 1. The Morgan fingerprint density at radius 1 is 1.03 bits per heavy atom. The van der Waals surface area contributed by atoms with Gasteiger partial charge in [-0.3, -0.25) is 0 Å². The van der Waals surface area contributed by atoms with Gasteiger partial charge in [0.2, 0.25) is 5.09 Å². The predicted octanol–water partition coefficient (Wildman–Crippen LogP) is 4.30. The minimum Gasteiger partial charge on any atom is -0.444 e. The van der Waals surface area contributed by atoms with E-state index >= 15 is 0 Å². The highest BCUT2D eigenvalue weighted by atomic mass is 32.2. The number of ether oxygens (including phenoxy) is 1. The molecule has 2 aromatic carbocycles. The quantitative estimate of drug-likeness (QED) is 0.406. The third-order valence-corrected chi connectivity index (χ3v) is 6.63. The average molecular weight is 502 g/mol. The van der Waals surface area contributed by atoms with Crippen molar-refractivity contribution in [2.75, 3.05) is 26.7 Å². The molecule has 35 heavy (non-hydrogen) atoms. The predicted molar refractivity (Wildman–Crippen MR) is 137 cm³/mol. The van der Waals surface area contributed by atoms with E-state index in [4.69, 9.17) is 9.15 Å². The Bertz CT molecular complexity index is 1180. The Kier molecular flexibility index (Phi) is 8.93. The SMILES string of the molecule is CN(CCCc1ccc(CNC(=O)OC(C)(C)C)cc1)CCNS(=O)(=O)c1cc2ccccc2o1. The number of fused-ring (bicyclic) bond motifs is 1. The molecular weight excluding hydrogens is 466 g/mol. The van der Waals surface area contributed by atoms with Crippen LogP contribution in [0.25, 0.3) is 11.0 Å². The van der Waals surface area contributed by atoms with Crippen molar-refractivity contribution in [1.82, 2.24) is 14.9 Å². The van der Waals surface area contributed by atoms with Crippen molar-refractivity contribution in [3.8, 4) is 0 Å². The van der Waals surface area contributed by atoms with Crippen LogP contribution in [0.2, 0.25) is 0 Å². The van der Waals surface area contributed by atoms with Crippen molar-refractivity contribution in [2.24, 2.45) is 0 Å². The lowest BCUT2D eigenvalue weighted by Crippen LogP contribution is -2.33. The Labute approximate surface area is 207 Å². The number of alkyl carbamates (subject to hydrolysis) is 1. The van der Waals surface area contributed by atoms with Crippen molar-refractivity contribution in [3.63, 3.8) is 0 Å². The molecule has 0 radical (unpaired) electrons. The number of benzene rings is 2. The number of hydrogen-bond donors (Lipinski definition) is 2. The van der Waals surface area contributed by atoms with Crippen LogP contribution in [0, 0.1) is 0 Å². The molecule has 0 fully saturated rings. The number of furan rings is 1. The Morgan fingerprint density at radius 2 is 1.71 bits per heavy atom. The molecule has 2 N–H and O–H groups in total. The van der Waals surface area contributed by atoms with E-state index in [-0.39, 0.29) is 5.09 Å². The maximum absolute atomic E-state index is 12.5. The van der Waals surface area contributed by atoms with Gasteiger partial charge in [-0.05, 0) is 64.4 Å². The van der Waals surface area contributed by atoms with Gasteiger partial charge in [0, 0.05) is 31.1 Å². The largest absolute Gasteiger partial charge is 0.444 e. The maximum atomic E-state index is 12.5. The number of amides is 1. The van der Waals surface area contributed by atoms with E-state index in [0.29, 0.717) is 25.2 Å². The molecule has 8 nitrogen and oxygen atoms in total. The molecule has 0 saturated carbocycles. The van der Waals surface area contributed by atoms with E-state index in [1.807, 2.05) is 58.2 Å². The van der Waals surface area contributed by atoms with Gasteiger partial charge < -0.3 is 19.4 Å². The molecule has 0 saturated heterocycles. The molecule has 0 aliphatic heterocycles. The normalized spacial score (nSPS) is 12.3. The summed E-state index contributed by atoms with van der Waals surface area (Å²) in [4.78, 5) is 13.9. The van der Waals surface area contributed by atoms with Gasteiger partial charge in [0.15, 0.2) is 0 Å². The van der Waals surface area contributed by atoms with Crippen LogP contribution in [-0.2, 0) is 27.7 Å². The molecule has 0 atom stereocenters. The first kappa shape index (κ1) is 26.7. The Balaban J connectivity index is 1.35. The fraction of sp³-hybridized carbons (Fsp3) is 0.423. The van der Waals surface area contributed by atoms with E-state index in [1.54, 1.807) is 12.1 Å². The van der Waals surface area contributed by atoms with Crippen molar-refractivity contribution in [1.29, 1.82) is 0 Å². The lowest BCUT2D eigenvalue weighted by Gasteiger charge is -2.19. The molecule has 3 rings (SSSR count). The summed E-state index contributed by atoms with van der Waals surface area (Å²) in [5.41, 5.74) is 2.26.